The summed E-state index contributed by atoms with van der Waals surface area (Å²) >= 11 is 0. The smallest absolute Gasteiger partial charge is 0.312 e. The summed E-state index contributed by atoms with van der Waals surface area (Å²) in [6.45, 7) is 1.54. The van der Waals surface area contributed by atoms with Gasteiger partial charge in [0.05, 0.1) is 5.69 Å². The summed E-state index contributed by atoms with van der Waals surface area (Å²) in [5.74, 6) is -0.290. The highest BCUT2D eigenvalue weighted by Crippen LogP contribution is 2.22. The number of imidazole rings is 1. The van der Waals surface area contributed by atoms with Gasteiger partial charge >= 0.3 is 5.69 Å². The van der Waals surface area contributed by atoms with Crippen molar-refractivity contribution < 1.29 is 4.39 Å². The van der Waals surface area contributed by atoms with E-state index >= 15 is 0 Å². The minimum Gasteiger partial charge on any atom is -0.312 e. The Kier molecular flexibility index (Phi) is 2.65. The van der Waals surface area contributed by atoms with Crippen molar-refractivity contribution in [2.45, 2.75) is 13.0 Å². The number of aromatic amines is 1. The molecule has 6 heteroatoms. The predicted molar refractivity (Wildman–Crippen MR) is 76.6 cm³/mol. The van der Waals surface area contributed by atoms with Crippen molar-refractivity contribution in [1.82, 2.24) is 19.7 Å². The summed E-state index contributed by atoms with van der Waals surface area (Å²) in [5, 5.41) is 3.28. The average molecular weight is 284 g/mol. The van der Waals surface area contributed by atoms with Gasteiger partial charge in [-0.25, -0.2) is 14.2 Å². The van der Waals surface area contributed by atoms with Gasteiger partial charge < -0.3 is 10.3 Å². The fourth-order valence-electron chi connectivity index (χ4n) is 2.73. The number of nitrogens with zero attached hydrogens (tertiary/aromatic N) is 2. The monoisotopic (exact) mass is 284 g/mol. The van der Waals surface area contributed by atoms with Gasteiger partial charge in [0, 0.05) is 42.5 Å². The van der Waals surface area contributed by atoms with Crippen LogP contribution in [0.3, 0.4) is 0 Å². The van der Waals surface area contributed by atoms with E-state index in [2.05, 4.69) is 15.3 Å². The van der Waals surface area contributed by atoms with Crippen molar-refractivity contribution in [2.75, 3.05) is 6.54 Å². The molecule has 0 radical (unpaired) electrons. The lowest BCUT2D eigenvalue weighted by atomic mass is 10.1. The van der Waals surface area contributed by atoms with Crippen LogP contribution in [0.5, 0.6) is 0 Å². The SMILES string of the molecule is O=c1[nH]c2c(c3nc(-c4ccc(F)cc4)cn13)CNCC2. The second kappa shape index (κ2) is 4.53. The van der Waals surface area contributed by atoms with Crippen molar-refractivity contribution in [3.63, 3.8) is 0 Å². The van der Waals surface area contributed by atoms with Gasteiger partial charge in [0.25, 0.3) is 0 Å². The predicted octanol–water partition coefficient (Wildman–Crippen LogP) is 1.47. The Labute approximate surface area is 119 Å². The molecule has 4 rings (SSSR count). The van der Waals surface area contributed by atoms with Gasteiger partial charge in [-0.15, -0.1) is 0 Å². The molecule has 3 heterocycles. The number of fused-ring (bicyclic) bond motifs is 3. The highest BCUT2D eigenvalue weighted by atomic mass is 19.1. The Morgan fingerprint density at radius 2 is 2.05 bits per heavy atom. The number of nitrogens with one attached hydrogen (secondary N) is 2. The summed E-state index contributed by atoms with van der Waals surface area (Å²) in [7, 11) is 0. The topological polar surface area (TPSA) is 62.2 Å². The Bertz CT molecular complexity index is 879. The molecular formula is C15H13FN4O. The van der Waals surface area contributed by atoms with Gasteiger partial charge in [0.15, 0.2) is 0 Å². The van der Waals surface area contributed by atoms with Crippen LogP contribution in [0, 0.1) is 5.82 Å². The zero-order valence-electron chi connectivity index (χ0n) is 11.2. The fourth-order valence-corrected chi connectivity index (χ4v) is 2.73. The van der Waals surface area contributed by atoms with E-state index in [4.69, 9.17) is 0 Å². The Morgan fingerprint density at radius 3 is 2.86 bits per heavy atom. The van der Waals surface area contributed by atoms with E-state index in [1.54, 1.807) is 18.3 Å². The van der Waals surface area contributed by atoms with E-state index in [-0.39, 0.29) is 11.5 Å². The lowest BCUT2D eigenvalue weighted by Crippen LogP contribution is -2.29. The molecule has 0 bridgehead atoms. The Hall–Kier alpha value is -2.47. The van der Waals surface area contributed by atoms with Gasteiger partial charge in [-0.3, -0.25) is 4.40 Å². The third-order valence-electron chi connectivity index (χ3n) is 3.81. The minimum atomic E-state index is -0.290. The summed E-state index contributed by atoms with van der Waals surface area (Å²) in [6.07, 6.45) is 2.48. The third kappa shape index (κ3) is 1.95. The van der Waals surface area contributed by atoms with Crippen molar-refractivity contribution in [3.8, 4) is 11.3 Å². The number of benzene rings is 1. The van der Waals surface area contributed by atoms with Crippen LogP contribution in [0.1, 0.15) is 11.3 Å². The first-order chi connectivity index (χ1) is 10.2. The van der Waals surface area contributed by atoms with Crippen LogP contribution in [0.2, 0.25) is 0 Å². The molecule has 0 amide bonds. The average Bonchev–Trinajstić information content (AvgIpc) is 2.94. The summed E-state index contributed by atoms with van der Waals surface area (Å²) < 4.78 is 14.5. The molecule has 0 unspecified atom stereocenters. The number of halogens is 1. The molecule has 1 aromatic carbocycles. The zero-order chi connectivity index (χ0) is 14.4. The molecule has 1 aliphatic heterocycles. The van der Waals surface area contributed by atoms with Gasteiger partial charge in [0.1, 0.15) is 11.5 Å². The molecule has 0 fully saturated rings. The van der Waals surface area contributed by atoms with E-state index in [0.29, 0.717) is 17.9 Å². The first-order valence-corrected chi connectivity index (χ1v) is 6.82. The van der Waals surface area contributed by atoms with Crippen molar-refractivity contribution in [2.24, 2.45) is 0 Å². The third-order valence-corrected chi connectivity index (χ3v) is 3.81. The second-order valence-electron chi connectivity index (χ2n) is 5.14. The van der Waals surface area contributed by atoms with Crippen LogP contribution in [-0.4, -0.2) is 20.9 Å². The van der Waals surface area contributed by atoms with E-state index in [0.717, 1.165) is 29.8 Å². The first-order valence-electron chi connectivity index (χ1n) is 6.82. The maximum absolute atomic E-state index is 13.0. The number of hydrogen-bond donors (Lipinski definition) is 2. The number of rotatable bonds is 1. The van der Waals surface area contributed by atoms with Gasteiger partial charge in [-0.2, -0.15) is 0 Å². The van der Waals surface area contributed by atoms with E-state index in [1.165, 1.54) is 16.5 Å². The molecule has 0 spiro atoms. The highest BCUT2D eigenvalue weighted by molar-refractivity contribution is 5.64. The van der Waals surface area contributed by atoms with Crippen LogP contribution in [0.15, 0.2) is 35.3 Å². The van der Waals surface area contributed by atoms with Crippen LogP contribution < -0.4 is 11.0 Å². The number of hydrogen-bond acceptors (Lipinski definition) is 3. The molecule has 0 saturated heterocycles. The van der Waals surface area contributed by atoms with Crippen molar-refractivity contribution in [1.29, 1.82) is 0 Å². The largest absolute Gasteiger partial charge is 0.331 e. The molecule has 106 valence electrons. The van der Waals surface area contributed by atoms with Crippen LogP contribution >= 0.6 is 0 Å². The van der Waals surface area contributed by atoms with Crippen LogP contribution in [0.25, 0.3) is 16.9 Å². The lowest BCUT2D eigenvalue weighted by Gasteiger charge is -2.16. The Balaban J connectivity index is 1.95. The van der Waals surface area contributed by atoms with E-state index in [9.17, 15) is 9.18 Å². The number of aromatic nitrogens is 3. The van der Waals surface area contributed by atoms with Crippen LogP contribution in [-0.2, 0) is 13.0 Å². The molecule has 2 aromatic heterocycles. The Morgan fingerprint density at radius 1 is 1.24 bits per heavy atom. The molecule has 0 aliphatic carbocycles. The molecule has 1 aliphatic rings. The standard InChI is InChI=1S/C15H13FN4O/c16-10-3-1-9(2-4-10)13-8-20-14(18-13)11-7-17-6-5-12(11)19-15(20)21/h1-4,8,17H,5-7H2,(H,19,21). The molecule has 3 aromatic rings. The summed E-state index contributed by atoms with van der Waals surface area (Å²) in [4.78, 5) is 19.6. The quantitative estimate of drug-likeness (QED) is 0.711. The second-order valence-corrected chi connectivity index (χ2v) is 5.14. The lowest BCUT2D eigenvalue weighted by molar-refractivity contribution is 0.624. The summed E-state index contributed by atoms with van der Waals surface area (Å²) in [6, 6.07) is 6.10. The van der Waals surface area contributed by atoms with Crippen molar-refractivity contribution in [3.05, 3.63) is 58.0 Å². The number of H-pyrrole nitrogens is 1. The normalized spacial score (nSPS) is 14.3. The molecule has 0 saturated carbocycles. The molecular weight excluding hydrogens is 271 g/mol. The first kappa shape index (κ1) is 12.3. The highest BCUT2D eigenvalue weighted by Gasteiger charge is 2.17. The minimum absolute atomic E-state index is 0.188. The zero-order valence-corrected chi connectivity index (χ0v) is 11.2. The van der Waals surface area contributed by atoms with E-state index in [1.807, 2.05) is 0 Å². The van der Waals surface area contributed by atoms with Crippen LogP contribution in [0.4, 0.5) is 4.39 Å². The van der Waals surface area contributed by atoms with Gasteiger partial charge in [-0.05, 0) is 24.3 Å². The fraction of sp³-hybridized carbons (Fsp3) is 0.200. The van der Waals surface area contributed by atoms with E-state index < -0.39 is 0 Å². The van der Waals surface area contributed by atoms with Crippen molar-refractivity contribution >= 4 is 5.65 Å². The van der Waals surface area contributed by atoms with Gasteiger partial charge in [0.2, 0.25) is 0 Å². The molecule has 0 atom stereocenters. The maximum atomic E-state index is 13.0. The molecule has 2 N–H and O–H groups in total. The summed E-state index contributed by atoms with van der Waals surface area (Å²) in [5.41, 5.74) is 3.90. The maximum Gasteiger partial charge on any atom is 0.331 e. The van der Waals surface area contributed by atoms with Gasteiger partial charge in [-0.1, -0.05) is 0 Å². The molecule has 21 heavy (non-hydrogen) atoms. The molecule has 5 nitrogen and oxygen atoms in total.